The second-order valence-corrected chi connectivity index (χ2v) is 6.71. The predicted molar refractivity (Wildman–Crippen MR) is 90.8 cm³/mol. The molecular weight excluding hydrogens is 316 g/mol. The van der Waals surface area contributed by atoms with Gasteiger partial charge in [-0.05, 0) is 43.6 Å². The summed E-state index contributed by atoms with van der Waals surface area (Å²) in [5.74, 6) is 0.639. The summed E-state index contributed by atoms with van der Waals surface area (Å²) in [5.41, 5.74) is 0. The van der Waals surface area contributed by atoms with Gasteiger partial charge in [-0.3, -0.25) is 9.89 Å². The maximum atomic E-state index is 12.3. The van der Waals surface area contributed by atoms with Crippen LogP contribution < -0.4 is 5.32 Å². The lowest BCUT2D eigenvalue weighted by molar-refractivity contribution is 0.0953. The smallest absolute Gasteiger partial charge is 0.261 e. The summed E-state index contributed by atoms with van der Waals surface area (Å²) < 4.78 is 3.58. The number of H-pyrrole nitrogens is 1. The molecule has 2 aromatic heterocycles. The van der Waals surface area contributed by atoms with Crippen molar-refractivity contribution in [1.29, 1.82) is 0 Å². The molecule has 0 bridgehead atoms. The molecule has 3 rings (SSSR count). The first-order valence-electron chi connectivity index (χ1n) is 6.99. The minimum Gasteiger partial charge on any atom is -0.344 e. The van der Waals surface area contributed by atoms with E-state index in [9.17, 15) is 4.79 Å². The normalized spacial score (nSPS) is 11.2. The number of rotatable bonds is 4. The molecule has 0 aliphatic carbocycles. The van der Waals surface area contributed by atoms with Gasteiger partial charge in [0.1, 0.15) is 0 Å². The van der Waals surface area contributed by atoms with Crippen LogP contribution in [0.2, 0.25) is 0 Å². The quantitative estimate of drug-likeness (QED) is 0.717. The van der Waals surface area contributed by atoms with Crippen LogP contribution in [0, 0.1) is 4.77 Å². The van der Waals surface area contributed by atoms with Gasteiger partial charge in [-0.1, -0.05) is 18.2 Å². The first-order chi connectivity index (χ1) is 10.6. The molecule has 0 aliphatic heterocycles. The van der Waals surface area contributed by atoms with E-state index in [0.29, 0.717) is 16.2 Å². The number of fused-ring (bicyclic) bond motifs is 1. The molecule has 0 fully saturated rings. The topological polar surface area (TPSA) is 62.7 Å². The number of thiophene rings is 1. The van der Waals surface area contributed by atoms with Gasteiger partial charge in [-0.15, -0.1) is 11.3 Å². The van der Waals surface area contributed by atoms with Crippen molar-refractivity contribution in [3.8, 4) is 0 Å². The second-order valence-electron chi connectivity index (χ2n) is 5.24. The monoisotopic (exact) mass is 332 g/mol. The molecule has 0 radical (unpaired) electrons. The molecule has 22 heavy (non-hydrogen) atoms. The van der Waals surface area contributed by atoms with Gasteiger partial charge in [0, 0.05) is 10.7 Å². The molecule has 1 amide bonds. The molecule has 3 aromatic rings. The van der Waals surface area contributed by atoms with E-state index in [-0.39, 0.29) is 11.9 Å². The van der Waals surface area contributed by atoms with Gasteiger partial charge >= 0.3 is 0 Å². The zero-order chi connectivity index (χ0) is 15.7. The van der Waals surface area contributed by atoms with Crippen molar-refractivity contribution in [1.82, 2.24) is 20.1 Å². The lowest BCUT2D eigenvalue weighted by Crippen LogP contribution is -2.24. The van der Waals surface area contributed by atoms with Crippen LogP contribution in [-0.4, -0.2) is 20.7 Å². The lowest BCUT2D eigenvalue weighted by Gasteiger charge is -2.10. The van der Waals surface area contributed by atoms with Gasteiger partial charge in [0.25, 0.3) is 5.91 Å². The standard InChI is InChI=1S/C15H16N4OS2/c1-9(2)19-13(17-18-15(19)21)8-16-14(20)12-7-10-5-3-4-6-11(10)22-12/h3-7,9H,8H2,1-2H3,(H,16,20)(H,18,21). The number of aromatic amines is 1. The highest BCUT2D eigenvalue weighted by Crippen LogP contribution is 2.25. The van der Waals surface area contributed by atoms with Crippen LogP contribution in [-0.2, 0) is 6.54 Å². The maximum Gasteiger partial charge on any atom is 0.261 e. The highest BCUT2D eigenvalue weighted by atomic mass is 32.1. The third-order valence-electron chi connectivity index (χ3n) is 3.35. The summed E-state index contributed by atoms with van der Waals surface area (Å²) in [7, 11) is 0. The number of nitrogens with zero attached hydrogens (tertiary/aromatic N) is 2. The fourth-order valence-corrected chi connectivity index (χ4v) is 3.68. The van der Waals surface area contributed by atoms with Gasteiger partial charge in [-0.25, -0.2) is 0 Å². The van der Waals surface area contributed by atoms with Gasteiger partial charge < -0.3 is 9.88 Å². The van der Waals surface area contributed by atoms with E-state index in [0.717, 1.165) is 15.9 Å². The first kappa shape index (κ1) is 14.9. The highest BCUT2D eigenvalue weighted by molar-refractivity contribution is 7.71. The number of hydrogen-bond donors (Lipinski definition) is 2. The number of benzene rings is 1. The van der Waals surface area contributed by atoms with E-state index in [2.05, 4.69) is 15.5 Å². The average molecular weight is 332 g/mol. The second kappa shape index (κ2) is 6.02. The van der Waals surface area contributed by atoms with E-state index in [1.807, 2.05) is 48.7 Å². The number of amides is 1. The number of carbonyl (C=O) groups is 1. The van der Waals surface area contributed by atoms with Crippen LogP contribution in [0.4, 0.5) is 0 Å². The number of aromatic nitrogens is 3. The van der Waals surface area contributed by atoms with Crippen molar-refractivity contribution in [2.45, 2.75) is 26.4 Å². The van der Waals surface area contributed by atoms with Crippen LogP contribution in [0.1, 0.15) is 35.4 Å². The molecule has 0 saturated carbocycles. The van der Waals surface area contributed by atoms with E-state index < -0.39 is 0 Å². The fraction of sp³-hybridized carbons (Fsp3) is 0.267. The summed E-state index contributed by atoms with van der Waals surface area (Å²) >= 11 is 6.69. The first-order valence-corrected chi connectivity index (χ1v) is 8.21. The van der Waals surface area contributed by atoms with Crippen molar-refractivity contribution in [3.05, 3.63) is 45.8 Å². The molecule has 1 aromatic carbocycles. The van der Waals surface area contributed by atoms with Crippen molar-refractivity contribution in [2.24, 2.45) is 0 Å². The third kappa shape index (κ3) is 2.82. The Morgan fingerprint density at radius 2 is 2.23 bits per heavy atom. The Bertz CT molecular complexity index is 842. The fourth-order valence-electron chi connectivity index (χ4n) is 2.33. The van der Waals surface area contributed by atoms with E-state index in [1.165, 1.54) is 11.3 Å². The predicted octanol–water partition coefficient (Wildman–Crippen LogP) is 3.67. The minimum atomic E-state index is -0.0922. The minimum absolute atomic E-state index is 0.0922. The zero-order valence-electron chi connectivity index (χ0n) is 12.3. The van der Waals surface area contributed by atoms with Crippen molar-refractivity contribution in [2.75, 3.05) is 0 Å². The largest absolute Gasteiger partial charge is 0.344 e. The Morgan fingerprint density at radius 3 is 2.95 bits per heavy atom. The van der Waals surface area contributed by atoms with Crippen molar-refractivity contribution < 1.29 is 4.79 Å². The number of carbonyl (C=O) groups excluding carboxylic acids is 1. The Hall–Kier alpha value is -1.99. The van der Waals surface area contributed by atoms with E-state index >= 15 is 0 Å². The Balaban J connectivity index is 1.76. The van der Waals surface area contributed by atoms with Crippen LogP contribution >= 0.6 is 23.6 Å². The molecule has 0 saturated heterocycles. The lowest BCUT2D eigenvalue weighted by atomic mass is 10.2. The maximum absolute atomic E-state index is 12.3. The molecule has 0 atom stereocenters. The van der Waals surface area contributed by atoms with Crippen LogP contribution in [0.3, 0.4) is 0 Å². The molecule has 114 valence electrons. The van der Waals surface area contributed by atoms with Crippen molar-refractivity contribution in [3.63, 3.8) is 0 Å². The summed E-state index contributed by atoms with van der Waals surface area (Å²) in [5, 5.41) is 10.9. The van der Waals surface area contributed by atoms with Crippen molar-refractivity contribution >= 4 is 39.5 Å². The number of nitrogens with one attached hydrogen (secondary N) is 2. The molecule has 2 N–H and O–H groups in total. The van der Waals surface area contributed by atoms with Gasteiger partial charge in [0.2, 0.25) is 0 Å². The summed E-state index contributed by atoms with van der Waals surface area (Å²) in [6, 6.07) is 10.1. The van der Waals surface area contributed by atoms with E-state index in [1.54, 1.807) is 0 Å². The SMILES string of the molecule is CC(C)n1c(CNC(=O)c2cc3ccccc3s2)n[nH]c1=S. The average Bonchev–Trinajstić information content (AvgIpc) is 3.07. The van der Waals surface area contributed by atoms with Gasteiger partial charge in [-0.2, -0.15) is 5.10 Å². The Morgan fingerprint density at radius 1 is 1.45 bits per heavy atom. The highest BCUT2D eigenvalue weighted by Gasteiger charge is 2.13. The van der Waals surface area contributed by atoms with Gasteiger partial charge in [0.05, 0.1) is 11.4 Å². The zero-order valence-corrected chi connectivity index (χ0v) is 13.9. The molecule has 7 heteroatoms. The Labute approximate surface area is 137 Å². The third-order valence-corrected chi connectivity index (χ3v) is 4.75. The molecule has 5 nitrogen and oxygen atoms in total. The van der Waals surface area contributed by atoms with Crippen LogP contribution in [0.25, 0.3) is 10.1 Å². The van der Waals surface area contributed by atoms with E-state index in [4.69, 9.17) is 12.2 Å². The molecular formula is C15H16N4OS2. The summed E-state index contributed by atoms with van der Waals surface area (Å²) in [6.45, 7) is 4.41. The summed E-state index contributed by atoms with van der Waals surface area (Å²) in [4.78, 5) is 13.0. The molecule has 0 spiro atoms. The Kier molecular flexibility index (Phi) is 4.08. The van der Waals surface area contributed by atoms with Crippen LogP contribution in [0.5, 0.6) is 0 Å². The van der Waals surface area contributed by atoms with Gasteiger partial charge in [0.15, 0.2) is 10.6 Å². The number of hydrogen-bond acceptors (Lipinski definition) is 4. The molecule has 0 aliphatic rings. The summed E-state index contributed by atoms with van der Waals surface area (Å²) in [6.07, 6.45) is 0. The molecule has 0 unspecified atom stereocenters. The molecule has 2 heterocycles. The van der Waals surface area contributed by atoms with Crippen LogP contribution in [0.15, 0.2) is 30.3 Å².